The normalized spacial score (nSPS) is 11.6. The number of amides is 2. The molecular weight excluding hydrogens is 563 g/mol. The Morgan fingerprint density at radius 2 is 1.63 bits per heavy atom. The van der Waals surface area contributed by atoms with Crippen LogP contribution in [0.3, 0.4) is 0 Å². The lowest BCUT2D eigenvalue weighted by molar-refractivity contribution is -0.123. The molecule has 1 aromatic heterocycles. The van der Waals surface area contributed by atoms with E-state index < -0.39 is 50.5 Å². The van der Waals surface area contributed by atoms with Crippen molar-refractivity contribution in [1.29, 1.82) is 0 Å². The highest BCUT2D eigenvalue weighted by Gasteiger charge is 2.22. The van der Waals surface area contributed by atoms with Gasteiger partial charge >= 0.3 is 0 Å². The topological polar surface area (TPSA) is 170 Å². The number of hydrogen-bond acceptors (Lipinski definition) is 10. The van der Waals surface area contributed by atoms with Crippen LogP contribution in [0.2, 0.25) is 0 Å². The molecule has 0 bridgehead atoms. The molecule has 0 fully saturated rings. The van der Waals surface area contributed by atoms with E-state index in [4.69, 9.17) is 9.47 Å². The number of methoxy groups -OCH3 is 1. The fourth-order valence-corrected chi connectivity index (χ4v) is 5.52. The zero-order chi connectivity index (χ0) is 28.1. The first kappa shape index (κ1) is 29.0. The van der Waals surface area contributed by atoms with Crippen LogP contribution in [0, 0.1) is 5.82 Å². The minimum Gasteiger partial charge on any atom is -0.493 e. The number of benzene rings is 2. The van der Waals surface area contributed by atoms with Crippen molar-refractivity contribution in [1.82, 2.24) is 9.71 Å². The summed E-state index contributed by atoms with van der Waals surface area (Å²) >= 11 is 0.614. The Bertz CT molecular complexity index is 1570. The summed E-state index contributed by atoms with van der Waals surface area (Å²) in [5, 5.41) is 4.65. The molecule has 0 aliphatic heterocycles. The average molecular weight is 587 g/mol. The number of anilines is 2. The van der Waals surface area contributed by atoms with Gasteiger partial charge in [0.25, 0.3) is 0 Å². The maximum absolute atomic E-state index is 13.9. The molecule has 0 atom stereocenters. The van der Waals surface area contributed by atoms with Gasteiger partial charge < -0.3 is 20.1 Å². The van der Waals surface area contributed by atoms with Crippen LogP contribution in [0.15, 0.2) is 46.7 Å². The third kappa shape index (κ3) is 8.20. The third-order valence-corrected chi connectivity index (χ3v) is 8.12. The van der Waals surface area contributed by atoms with E-state index >= 15 is 0 Å². The summed E-state index contributed by atoms with van der Waals surface area (Å²) in [6, 6.07) is 10.0. The summed E-state index contributed by atoms with van der Waals surface area (Å²) < 4.78 is 73.5. The molecule has 12 nitrogen and oxygen atoms in total. The number of nitrogens with zero attached hydrogens (tertiary/aromatic N) is 1. The highest BCUT2D eigenvalue weighted by Crippen LogP contribution is 2.35. The van der Waals surface area contributed by atoms with E-state index in [-0.39, 0.29) is 32.2 Å². The molecule has 16 heteroatoms. The second-order valence-electron chi connectivity index (χ2n) is 7.79. The molecule has 2 amide bonds. The first-order valence-corrected chi connectivity index (χ1v) is 15.2. The lowest BCUT2D eigenvalue weighted by Gasteiger charge is -2.14. The number of ether oxygens (including phenoxy) is 2. The second-order valence-corrected chi connectivity index (χ2v) is 12.8. The Kier molecular flexibility index (Phi) is 9.03. The number of carbonyl (C=O) groups is 2. The first-order chi connectivity index (χ1) is 17.7. The van der Waals surface area contributed by atoms with Gasteiger partial charge in [-0.2, -0.15) is 0 Å². The molecule has 38 heavy (non-hydrogen) atoms. The van der Waals surface area contributed by atoms with Gasteiger partial charge in [0.05, 0.1) is 31.3 Å². The largest absolute Gasteiger partial charge is 0.493 e. The zero-order valence-electron chi connectivity index (χ0n) is 20.3. The van der Waals surface area contributed by atoms with Gasteiger partial charge in [-0.1, -0.05) is 23.5 Å². The van der Waals surface area contributed by atoms with Crippen LogP contribution in [0.1, 0.15) is 12.1 Å². The predicted octanol–water partition coefficient (Wildman–Crippen LogP) is 2.50. The van der Waals surface area contributed by atoms with Crippen molar-refractivity contribution in [3.8, 4) is 17.2 Å². The third-order valence-electron chi connectivity index (χ3n) is 4.57. The minimum atomic E-state index is -3.78. The number of carbonyl (C=O) groups excluding carboxylic acids is 2. The van der Waals surface area contributed by atoms with Crippen molar-refractivity contribution in [2.45, 2.75) is 17.2 Å². The van der Waals surface area contributed by atoms with Gasteiger partial charge in [0.15, 0.2) is 32.2 Å². The van der Waals surface area contributed by atoms with E-state index in [1.165, 1.54) is 13.2 Å². The standard InChI is InChI=1S/C22H23FN4O8S3/c1-34-16-6-4-5-7-17(16)35-18-10-13(23)8-9-14(18)25-19(28)11-20(29)27-22-26-15(12-24-38(3,32)33)21(36-22)37(2,30)31/h4-10,24H,11-12H2,1-3H3,(H,25,28)(H,26,27,29). The van der Waals surface area contributed by atoms with E-state index in [1.807, 2.05) is 0 Å². The van der Waals surface area contributed by atoms with Crippen LogP contribution in [-0.4, -0.2) is 53.3 Å². The molecule has 0 radical (unpaired) electrons. The number of thiazole rings is 1. The summed E-state index contributed by atoms with van der Waals surface area (Å²) in [5.41, 5.74) is -0.0232. The number of rotatable bonds is 11. The SMILES string of the molecule is COc1ccccc1Oc1cc(F)ccc1NC(=O)CC(=O)Nc1nc(CNS(C)(=O)=O)c(S(C)(=O)=O)s1. The lowest BCUT2D eigenvalue weighted by atomic mass is 10.2. The van der Waals surface area contributed by atoms with E-state index in [0.29, 0.717) is 17.1 Å². The van der Waals surface area contributed by atoms with Crippen molar-refractivity contribution in [2.75, 3.05) is 30.3 Å². The van der Waals surface area contributed by atoms with Crippen LogP contribution >= 0.6 is 11.3 Å². The molecule has 0 aliphatic rings. The number of sulfone groups is 1. The smallest absolute Gasteiger partial charge is 0.235 e. The van der Waals surface area contributed by atoms with Crippen molar-refractivity contribution in [3.63, 3.8) is 0 Å². The van der Waals surface area contributed by atoms with Gasteiger partial charge in [0.1, 0.15) is 16.4 Å². The van der Waals surface area contributed by atoms with Gasteiger partial charge in [-0.3, -0.25) is 9.59 Å². The van der Waals surface area contributed by atoms with Gasteiger partial charge in [-0.15, -0.1) is 0 Å². The monoisotopic (exact) mass is 586 g/mol. The molecule has 204 valence electrons. The van der Waals surface area contributed by atoms with Gasteiger partial charge in [-0.25, -0.2) is 30.9 Å². The summed E-state index contributed by atoms with van der Waals surface area (Å²) in [5.74, 6) is -1.63. The van der Waals surface area contributed by atoms with Crippen LogP contribution in [0.25, 0.3) is 0 Å². The van der Waals surface area contributed by atoms with Gasteiger partial charge in [0, 0.05) is 12.3 Å². The van der Waals surface area contributed by atoms with Crippen molar-refractivity contribution in [3.05, 3.63) is 54.0 Å². The zero-order valence-corrected chi connectivity index (χ0v) is 22.7. The summed E-state index contributed by atoms with van der Waals surface area (Å²) in [4.78, 5) is 28.9. The fourth-order valence-electron chi connectivity index (χ4n) is 3.00. The van der Waals surface area contributed by atoms with E-state index in [1.54, 1.807) is 24.3 Å². The molecule has 3 N–H and O–H groups in total. The Labute approximate surface area is 222 Å². The number of halogens is 1. The Balaban J connectivity index is 1.71. The van der Waals surface area contributed by atoms with Crippen LogP contribution in [0.4, 0.5) is 15.2 Å². The molecule has 0 unspecified atom stereocenters. The molecule has 1 heterocycles. The quantitative estimate of drug-likeness (QED) is 0.286. The molecule has 3 rings (SSSR count). The van der Waals surface area contributed by atoms with E-state index in [9.17, 15) is 30.8 Å². The maximum atomic E-state index is 13.9. The first-order valence-electron chi connectivity index (χ1n) is 10.6. The van der Waals surface area contributed by atoms with Crippen molar-refractivity contribution < 1.29 is 40.3 Å². The summed E-state index contributed by atoms with van der Waals surface area (Å²) in [6.07, 6.45) is 1.11. The summed E-state index contributed by atoms with van der Waals surface area (Å²) in [7, 11) is -5.99. The number of para-hydroxylation sites is 2. The van der Waals surface area contributed by atoms with Crippen LogP contribution in [0.5, 0.6) is 17.2 Å². The molecular formula is C22H23FN4O8S3. The minimum absolute atomic E-state index is 0.0380. The molecule has 0 aliphatic carbocycles. The number of hydrogen-bond donors (Lipinski definition) is 3. The molecule has 0 saturated carbocycles. The number of sulfonamides is 1. The summed E-state index contributed by atoms with van der Waals surface area (Å²) in [6.45, 7) is -0.409. The molecule has 3 aromatic rings. The number of nitrogens with one attached hydrogen (secondary N) is 3. The maximum Gasteiger partial charge on any atom is 0.235 e. The van der Waals surface area contributed by atoms with Crippen molar-refractivity contribution in [2.24, 2.45) is 0 Å². The van der Waals surface area contributed by atoms with Crippen molar-refractivity contribution >= 4 is 53.8 Å². The Morgan fingerprint density at radius 3 is 2.26 bits per heavy atom. The molecule has 0 spiro atoms. The second kappa shape index (κ2) is 11.8. The highest BCUT2D eigenvalue weighted by atomic mass is 32.2. The fraction of sp³-hybridized carbons (Fsp3) is 0.227. The van der Waals surface area contributed by atoms with E-state index in [0.717, 1.165) is 24.6 Å². The van der Waals surface area contributed by atoms with Crippen LogP contribution in [-0.2, 0) is 36.0 Å². The number of aromatic nitrogens is 1. The predicted molar refractivity (Wildman–Crippen MR) is 138 cm³/mol. The van der Waals surface area contributed by atoms with E-state index in [2.05, 4.69) is 20.3 Å². The van der Waals surface area contributed by atoms with Crippen LogP contribution < -0.4 is 24.8 Å². The average Bonchev–Trinajstić information content (AvgIpc) is 3.22. The van der Waals surface area contributed by atoms with Gasteiger partial charge in [0.2, 0.25) is 21.8 Å². The Hall–Kier alpha value is -3.60. The Morgan fingerprint density at radius 1 is 0.974 bits per heavy atom. The van der Waals surface area contributed by atoms with Gasteiger partial charge in [-0.05, 0) is 24.3 Å². The highest BCUT2D eigenvalue weighted by molar-refractivity contribution is 7.93. The molecule has 2 aromatic carbocycles. The lowest BCUT2D eigenvalue weighted by Crippen LogP contribution is -2.23. The molecule has 0 saturated heterocycles.